The van der Waals surface area contributed by atoms with Crippen molar-refractivity contribution in [1.82, 2.24) is 9.38 Å². The van der Waals surface area contributed by atoms with Gasteiger partial charge in [0.05, 0.1) is 0 Å². The van der Waals surface area contributed by atoms with Gasteiger partial charge in [-0.05, 0) is 29.2 Å². The van der Waals surface area contributed by atoms with Crippen molar-refractivity contribution < 1.29 is 4.79 Å². The second-order valence-corrected chi connectivity index (χ2v) is 6.32. The van der Waals surface area contributed by atoms with Crippen LogP contribution in [-0.4, -0.2) is 15.3 Å². The topological polar surface area (TPSA) is 46.4 Å². The van der Waals surface area contributed by atoms with Crippen molar-refractivity contribution in [2.75, 3.05) is 5.32 Å². The Balaban J connectivity index is 1.97. The molecule has 0 bridgehead atoms. The molecule has 0 atom stereocenters. The zero-order valence-corrected chi connectivity index (χ0v) is 13.0. The lowest BCUT2D eigenvalue weighted by atomic mass is 9.86. The van der Waals surface area contributed by atoms with Crippen molar-refractivity contribution in [3.63, 3.8) is 0 Å². The highest BCUT2D eigenvalue weighted by Gasteiger charge is 2.19. The number of amides is 1. The second-order valence-electron chi connectivity index (χ2n) is 6.32. The normalized spacial score (nSPS) is 11.6. The quantitative estimate of drug-likeness (QED) is 0.779. The summed E-state index contributed by atoms with van der Waals surface area (Å²) in [5.74, 6) is -0.139. The van der Waals surface area contributed by atoms with Crippen LogP contribution in [-0.2, 0) is 5.41 Å². The van der Waals surface area contributed by atoms with E-state index >= 15 is 0 Å². The van der Waals surface area contributed by atoms with E-state index in [2.05, 4.69) is 31.1 Å². The molecule has 0 saturated heterocycles. The standard InChI is InChI=1S/C18H19N3O/c1-18(2,3)13-7-4-5-8-14(13)20-17(22)15-9-6-10-16-19-11-12-21(15)16/h4-12H,1-3H3,(H,20,22). The first-order valence-corrected chi connectivity index (χ1v) is 7.30. The summed E-state index contributed by atoms with van der Waals surface area (Å²) in [5, 5.41) is 3.03. The molecule has 3 rings (SSSR count). The number of nitrogens with one attached hydrogen (secondary N) is 1. The molecule has 0 aliphatic rings. The number of hydrogen-bond donors (Lipinski definition) is 1. The van der Waals surface area contributed by atoms with Gasteiger partial charge in [-0.2, -0.15) is 0 Å². The number of carbonyl (C=O) groups excluding carboxylic acids is 1. The second kappa shape index (κ2) is 5.30. The van der Waals surface area contributed by atoms with Crippen LogP contribution >= 0.6 is 0 Å². The van der Waals surface area contributed by atoms with Crippen molar-refractivity contribution in [1.29, 1.82) is 0 Å². The van der Waals surface area contributed by atoms with E-state index in [4.69, 9.17) is 0 Å². The van der Waals surface area contributed by atoms with Crippen LogP contribution in [0.3, 0.4) is 0 Å². The Hall–Kier alpha value is -2.62. The molecule has 0 unspecified atom stereocenters. The van der Waals surface area contributed by atoms with E-state index in [1.165, 1.54) is 0 Å². The average Bonchev–Trinajstić information content (AvgIpc) is 2.94. The summed E-state index contributed by atoms with van der Waals surface area (Å²) in [5.41, 5.74) is 3.25. The van der Waals surface area contributed by atoms with Gasteiger partial charge in [0.15, 0.2) is 0 Å². The summed E-state index contributed by atoms with van der Waals surface area (Å²) in [6, 6.07) is 13.4. The van der Waals surface area contributed by atoms with Crippen molar-refractivity contribution in [3.05, 3.63) is 66.1 Å². The van der Waals surface area contributed by atoms with Crippen molar-refractivity contribution in [2.24, 2.45) is 0 Å². The Morgan fingerprint density at radius 2 is 1.86 bits per heavy atom. The van der Waals surface area contributed by atoms with Crippen molar-refractivity contribution in [3.8, 4) is 0 Å². The Bertz CT molecular complexity index is 827. The molecule has 2 heterocycles. The number of imidazole rings is 1. The van der Waals surface area contributed by atoms with Crippen molar-refractivity contribution in [2.45, 2.75) is 26.2 Å². The number of carbonyl (C=O) groups is 1. The summed E-state index contributed by atoms with van der Waals surface area (Å²) in [6.07, 6.45) is 3.48. The molecule has 2 aromatic heterocycles. The van der Waals surface area contributed by atoms with Crippen LogP contribution in [0.25, 0.3) is 5.65 Å². The van der Waals surface area contributed by atoms with Gasteiger partial charge in [0.25, 0.3) is 5.91 Å². The highest BCUT2D eigenvalue weighted by Crippen LogP contribution is 2.29. The van der Waals surface area contributed by atoms with E-state index in [0.29, 0.717) is 5.69 Å². The van der Waals surface area contributed by atoms with Gasteiger partial charge in [-0.15, -0.1) is 0 Å². The monoisotopic (exact) mass is 293 g/mol. The molecule has 0 saturated carbocycles. The van der Waals surface area contributed by atoms with Crippen molar-refractivity contribution >= 4 is 17.2 Å². The average molecular weight is 293 g/mol. The molecule has 1 amide bonds. The minimum atomic E-state index is -0.139. The van der Waals surface area contributed by atoms with E-state index in [1.807, 2.05) is 36.4 Å². The number of pyridine rings is 1. The number of rotatable bonds is 2. The lowest BCUT2D eigenvalue weighted by Gasteiger charge is -2.23. The van der Waals surface area contributed by atoms with Gasteiger partial charge in [0, 0.05) is 18.1 Å². The van der Waals surface area contributed by atoms with Gasteiger partial charge in [-0.3, -0.25) is 9.20 Å². The zero-order chi connectivity index (χ0) is 15.7. The van der Waals surface area contributed by atoms with E-state index in [0.717, 1.165) is 16.9 Å². The molecule has 0 radical (unpaired) electrons. The van der Waals surface area contributed by atoms with E-state index in [9.17, 15) is 4.79 Å². The highest BCUT2D eigenvalue weighted by atomic mass is 16.1. The summed E-state index contributed by atoms with van der Waals surface area (Å²) in [6.45, 7) is 6.40. The Morgan fingerprint density at radius 3 is 2.64 bits per heavy atom. The van der Waals surface area contributed by atoms with Crippen LogP contribution in [0.2, 0.25) is 0 Å². The van der Waals surface area contributed by atoms with Gasteiger partial charge >= 0.3 is 0 Å². The molecule has 4 heteroatoms. The molecule has 112 valence electrons. The third-order valence-electron chi connectivity index (χ3n) is 3.64. The smallest absolute Gasteiger partial charge is 0.272 e. The summed E-state index contributed by atoms with van der Waals surface area (Å²) >= 11 is 0. The number of hydrogen-bond acceptors (Lipinski definition) is 2. The summed E-state index contributed by atoms with van der Waals surface area (Å²) < 4.78 is 1.79. The van der Waals surface area contributed by atoms with Crippen LogP contribution in [0, 0.1) is 0 Å². The molecule has 1 aromatic carbocycles. The number of para-hydroxylation sites is 1. The largest absolute Gasteiger partial charge is 0.320 e. The van der Waals surface area contributed by atoms with Gasteiger partial charge in [-0.1, -0.05) is 45.0 Å². The number of benzene rings is 1. The fraction of sp³-hybridized carbons (Fsp3) is 0.222. The summed E-state index contributed by atoms with van der Waals surface area (Å²) in [7, 11) is 0. The number of fused-ring (bicyclic) bond motifs is 1. The van der Waals surface area contributed by atoms with Crippen LogP contribution in [0.5, 0.6) is 0 Å². The molecule has 0 fully saturated rings. The third kappa shape index (κ3) is 2.60. The number of anilines is 1. The predicted octanol–water partition coefficient (Wildman–Crippen LogP) is 3.88. The maximum atomic E-state index is 12.6. The van der Waals surface area contributed by atoms with Crippen LogP contribution in [0.15, 0.2) is 54.9 Å². The Labute approximate surface area is 129 Å². The zero-order valence-electron chi connectivity index (χ0n) is 13.0. The minimum Gasteiger partial charge on any atom is -0.320 e. The first-order valence-electron chi connectivity index (χ1n) is 7.30. The van der Waals surface area contributed by atoms with E-state index in [-0.39, 0.29) is 11.3 Å². The Kier molecular flexibility index (Phi) is 3.45. The number of aromatic nitrogens is 2. The SMILES string of the molecule is CC(C)(C)c1ccccc1NC(=O)c1cccc2nccn12. The van der Waals surface area contributed by atoms with E-state index < -0.39 is 0 Å². The van der Waals surface area contributed by atoms with Gasteiger partial charge in [0.1, 0.15) is 11.3 Å². The van der Waals surface area contributed by atoms with Gasteiger partial charge in [0.2, 0.25) is 0 Å². The molecule has 3 aromatic rings. The highest BCUT2D eigenvalue weighted by molar-refractivity contribution is 6.04. The molecule has 1 N–H and O–H groups in total. The van der Waals surface area contributed by atoms with E-state index in [1.54, 1.807) is 22.9 Å². The molecule has 0 spiro atoms. The van der Waals surface area contributed by atoms with Gasteiger partial charge in [-0.25, -0.2) is 4.98 Å². The third-order valence-corrected chi connectivity index (χ3v) is 3.64. The Morgan fingerprint density at radius 1 is 1.09 bits per heavy atom. The molecule has 0 aliphatic heterocycles. The lowest BCUT2D eigenvalue weighted by molar-refractivity contribution is 0.102. The number of nitrogens with zero attached hydrogens (tertiary/aromatic N) is 2. The maximum absolute atomic E-state index is 12.6. The van der Waals surface area contributed by atoms with Crippen LogP contribution in [0.1, 0.15) is 36.8 Å². The first kappa shape index (κ1) is 14.3. The first-order chi connectivity index (χ1) is 10.5. The predicted molar refractivity (Wildman–Crippen MR) is 88.3 cm³/mol. The summed E-state index contributed by atoms with van der Waals surface area (Å²) in [4.78, 5) is 16.9. The fourth-order valence-electron chi connectivity index (χ4n) is 2.57. The lowest BCUT2D eigenvalue weighted by Crippen LogP contribution is -2.20. The molecule has 0 aliphatic carbocycles. The minimum absolute atomic E-state index is 0.0368. The molecule has 22 heavy (non-hydrogen) atoms. The van der Waals surface area contributed by atoms with Gasteiger partial charge < -0.3 is 5.32 Å². The maximum Gasteiger partial charge on any atom is 0.272 e. The van der Waals surface area contributed by atoms with Crippen LogP contribution < -0.4 is 5.32 Å². The molecular weight excluding hydrogens is 274 g/mol. The fourth-order valence-corrected chi connectivity index (χ4v) is 2.57. The molecular formula is C18H19N3O. The molecule has 4 nitrogen and oxygen atoms in total. The van der Waals surface area contributed by atoms with Crippen LogP contribution in [0.4, 0.5) is 5.69 Å².